The molecule has 2 aliphatic rings. The number of rotatable bonds is 6. The SMILES string of the molecule is CCOC(=O)C1=C(CN2CCc3ccc(OCC)cc3C2)NC(=O)NC1C. The van der Waals surface area contributed by atoms with Crippen molar-refractivity contribution >= 4 is 12.0 Å². The maximum atomic E-state index is 12.4. The summed E-state index contributed by atoms with van der Waals surface area (Å²) in [5.74, 6) is 0.483. The van der Waals surface area contributed by atoms with Crippen molar-refractivity contribution in [2.45, 2.75) is 39.8 Å². The van der Waals surface area contributed by atoms with Crippen molar-refractivity contribution in [3.8, 4) is 5.75 Å². The van der Waals surface area contributed by atoms with Gasteiger partial charge in [0, 0.05) is 25.3 Å². The fourth-order valence-electron chi connectivity index (χ4n) is 3.61. The lowest BCUT2D eigenvalue weighted by molar-refractivity contribution is -0.139. The first-order valence-corrected chi connectivity index (χ1v) is 9.46. The number of urea groups is 1. The van der Waals surface area contributed by atoms with Crippen LogP contribution in [0.4, 0.5) is 4.79 Å². The highest BCUT2D eigenvalue weighted by Gasteiger charge is 2.31. The van der Waals surface area contributed by atoms with Crippen molar-refractivity contribution in [3.63, 3.8) is 0 Å². The van der Waals surface area contributed by atoms with Gasteiger partial charge < -0.3 is 20.1 Å². The summed E-state index contributed by atoms with van der Waals surface area (Å²) in [6.45, 7) is 8.56. The van der Waals surface area contributed by atoms with E-state index in [-0.39, 0.29) is 18.0 Å². The Hall–Kier alpha value is -2.54. The molecule has 2 heterocycles. The number of ether oxygens (including phenoxy) is 2. The normalized spacial score (nSPS) is 19.8. The van der Waals surface area contributed by atoms with Crippen molar-refractivity contribution in [1.29, 1.82) is 0 Å². The maximum absolute atomic E-state index is 12.4. The Morgan fingerprint density at radius 3 is 2.81 bits per heavy atom. The molecule has 0 saturated heterocycles. The zero-order chi connectivity index (χ0) is 19.4. The summed E-state index contributed by atoms with van der Waals surface area (Å²) < 4.78 is 10.8. The van der Waals surface area contributed by atoms with E-state index >= 15 is 0 Å². The molecule has 0 spiro atoms. The summed E-state index contributed by atoms with van der Waals surface area (Å²) in [5.41, 5.74) is 3.65. The molecule has 0 aliphatic carbocycles. The Bertz CT molecular complexity index is 760. The monoisotopic (exact) mass is 373 g/mol. The number of hydrogen-bond donors (Lipinski definition) is 2. The highest BCUT2D eigenvalue weighted by molar-refractivity contribution is 5.94. The Labute approximate surface area is 159 Å². The summed E-state index contributed by atoms with van der Waals surface area (Å²) in [6.07, 6.45) is 0.922. The molecule has 2 N–H and O–H groups in total. The van der Waals surface area contributed by atoms with Crippen molar-refractivity contribution < 1.29 is 19.1 Å². The zero-order valence-corrected chi connectivity index (χ0v) is 16.1. The number of benzene rings is 1. The molecule has 7 nitrogen and oxygen atoms in total. The van der Waals surface area contributed by atoms with E-state index in [4.69, 9.17) is 9.47 Å². The molecule has 0 radical (unpaired) electrons. The average molecular weight is 373 g/mol. The van der Waals surface area contributed by atoms with Gasteiger partial charge in [-0.2, -0.15) is 0 Å². The molecule has 27 heavy (non-hydrogen) atoms. The fourth-order valence-corrected chi connectivity index (χ4v) is 3.61. The molecule has 1 aromatic carbocycles. The number of carbonyl (C=O) groups excluding carboxylic acids is 2. The maximum Gasteiger partial charge on any atom is 0.337 e. The fraction of sp³-hybridized carbons (Fsp3) is 0.500. The van der Waals surface area contributed by atoms with Crippen LogP contribution in [0.15, 0.2) is 29.5 Å². The van der Waals surface area contributed by atoms with Crippen LogP contribution in [0.1, 0.15) is 31.9 Å². The van der Waals surface area contributed by atoms with Gasteiger partial charge >= 0.3 is 12.0 Å². The third-order valence-electron chi connectivity index (χ3n) is 4.83. The largest absolute Gasteiger partial charge is 0.494 e. The Morgan fingerprint density at radius 1 is 1.26 bits per heavy atom. The average Bonchev–Trinajstić information content (AvgIpc) is 2.61. The predicted molar refractivity (Wildman–Crippen MR) is 101 cm³/mol. The van der Waals surface area contributed by atoms with Crippen LogP contribution in [0.5, 0.6) is 5.75 Å². The number of amides is 2. The van der Waals surface area contributed by atoms with Crippen LogP contribution < -0.4 is 15.4 Å². The van der Waals surface area contributed by atoms with Crippen molar-refractivity contribution in [2.75, 3.05) is 26.3 Å². The Balaban J connectivity index is 1.80. The molecule has 1 aromatic rings. The van der Waals surface area contributed by atoms with Crippen LogP contribution in [-0.4, -0.2) is 49.2 Å². The molecule has 0 fully saturated rings. The third-order valence-corrected chi connectivity index (χ3v) is 4.83. The lowest BCUT2D eigenvalue weighted by Gasteiger charge is -2.33. The Morgan fingerprint density at radius 2 is 2.07 bits per heavy atom. The van der Waals surface area contributed by atoms with Crippen molar-refractivity contribution in [1.82, 2.24) is 15.5 Å². The molecule has 0 aromatic heterocycles. The van der Waals surface area contributed by atoms with E-state index in [0.29, 0.717) is 31.0 Å². The van der Waals surface area contributed by atoms with Gasteiger partial charge in [0.05, 0.1) is 24.8 Å². The topological polar surface area (TPSA) is 79.9 Å². The van der Waals surface area contributed by atoms with Crippen LogP contribution in [0.25, 0.3) is 0 Å². The standard InChI is InChI=1S/C20H27N3O4/c1-4-26-16-7-6-14-8-9-23(11-15(14)10-16)12-17-18(19(24)27-5-2)13(3)21-20(25)22-17/h6-7,10,13H,4-5,8-9,11-12H2,1-3H3,(H2,21,22,25). The molecule has 2 amide bonds. The first kappa shape index (κ1) is 19.2. The van der Waals surface area contributed by atoms with Crippen LogP contribution in [0.3, 0.4) is 0 Å². The second kappa shape index (κ2) is 8.43. The number of nitrogens with zero attached hydrogens (tertiary/aromatic N) is 1. The van der Waals surface area contributed by atoms with Crippen LogP contribution in [-0.2, 0) is 22.5 Å². The number of carbonyl (C=O) groups is 2. The minimum Gasteiger partial charge on any atom is -0.494 e. The van der Waals surface area contributed by atoms with E-state index in [1.54, 1.807) is 13.8 Å². The molecular formula is C20H27N3O4. The van der Waals surface area contributed by atoms with Gasteiger partial charge in [-0.15, -0.1) is 0 Å². The predicted octanol–water partition coefficient (Wildman–Crippen LogP) is 1.96. The van der Waals surface area contributed by atoms with E-state index < -0.39 is 0 Å². The van der Waals surface area contributed by atoms with Gasteiger partial charge in [0.2, 0.25) is 0 Å². The van der Waals surface area contributed by atoms with Gasteiger partial charge in [0.25, 0.3) is 0 Å². The van der Waals surface area contributed by atoms with E-state index in [2.05, 4.69) is 27.7 Å². The van der Waals surface area contributed by atoms with Crippen molar-refractivity contribution in [2.24, 2.45) is 0 Å². The molecule has 7 heteroatoms. The van der Waals surface area contributed by atoms with Crippen LogP contribution >= 0.6 is 0 Å². The van der Waals surface area contributed by atoms with Gasteiger partial charge in [0.1, 0.15) is 5.75 Å². The molecule has 1 atom stereocenters. The third kappa shape index (κ3) is 4.42. The first-order chi connectivity index (χ1) is 13.0. The summed E-state index contributed by atoms with van der Waals surface area (Å²) in [6, 6.07) is 5.54. The second-order valence-corrected chi connectivity index (χ2v) is 6.76. The summed E-state index contributed by atoms with van der Waals surface area (Å²) in [5, 5.41) is 5.53. The summed E-state index contributed by atoms with van der Waals surface area (Å²) in [7, 11) is 0. The lowest BCUT2D eigenvalue weighted by atomic mass is 9.98. The minimum absolute atomic E-state index is 0.290. The van der Waals surface area contributed by atoms with E-state index in [1.165, 1.54) is 11.1 Å². The lowest BCUT2D eigenvalue weighted by Crippen LogP contribution is -2.51. The van der Waals surface area contributed by atoms with E-state index in [9.17, 15) is 9.59 Å². The quantitative estimate of drug-likeness (QED) is 0.745. The summed E-state index contributed by atoms with van der Waals surface area (Å²) in [4.78, 5) is 26.5. The van der Waals surface area contributed by atoms with Crippen LogP contribution in [0, 0.1) is 0 Å². The number of hydrogen-bond acceptors (Lipinski definition) is 5. The van der Waals surface area contributed by atoms with Crippen LogP contribution in [0.2, 0.25) is 0 Å². The molecule has 1 unspecified atom stereocenters. The van der Waals surface area contributed by atoms with Crippen molar-refractivity contribution in [3.05, 3.63) is 40.6 Å². The van der Waals surface area contributed by atoms with Gasteiger partial charge in [-0.1, -0.05) is 6.07 Å². The zero-order valence-electron chi connectivity index (χ0n) is 16.1. The molecule has 2 aliphatic heterocycles. The molecule has 0 bridgehead atoms. The summed E-state index contributed by atoms with van der Waals surface area (Å²) >= 11 is 0. The number of nitrogens with one attached hydrogen (secondary N) is 2. The molecule has 146 valence electrons. The van der Waals surface area contributed by atoms with Gasteiger partial charge in [0.15, 0.2) is 0 Å². The molecule has 3 rings (SSSR count). The first-order valence-electron chi connectivity index (χ1n) is 9.46. The smallest absolute Gasteiger partial charge is 0.337 e. The van der Waals surface area contributed by atoms with E-state index in [0.717, 1.165) is 25.3 Å². The second-order valence-electron chi connectivity index (χ2n) is 6.76. The highest BCUT2D eigenvalue weighted by Crippen LogP contribution is 2.25. The number of fused-ring (bicyclic) bond motifs is 1. The van der Waals surface area contributed by atoms with Gasteiger partial charge in [-0.3, -0.25) is 4.90 Å². The minimum atomic E-state index is -0.386. The number of esters is 1. The molecular weight excluding hydrogens is 346 g/mol. The van der Waals surface area contributed by atoms with E-state index in [1.807, 2.05) is 13.0 Å². The van der Waals surface area contributed by atoms with Gasteiger partial charge in [-0.05, 0) is 50.5 Å². The highest BCUT2D eigenvalue weighted by atomic mass is 16.5. The Kier molecular flexibility index (Phi) is 6.01. The van der Waals surface area contributed by atoms with Gasteiger partial charge in [-0.25, -0.2) is 9.59 Å². The molecule has 0 saturated carbocycles.